The molecule has 70 valence electrons. The van der Waals surface area contributed by atoms with Crippen LogP contribution in [0, 0.1) is 0 Å². The molecule has 0 aromatic carbocycles. The molecule has 2 heteroatoms. The average molecular weight is 170 g/mol. The Morgan fingerprint density at radius 2 is 1.75 bits per heavy atom. The van der Waals surface area contributed by atoms with E-state index in [1.807, 2.05) is 27.7 Å². The SMILES string of the molecule is CCC(O)(CC)C(=O)C=C(C)C. The Morgan fingerprint density at radius 1 is 1.33 bits per heavy atom. The van der Waals surface area contributed by atoms with Crippen LogP contribution in [0.25, 0.3) is 0 Å². The number of aliphatic hydroxyl groups is 1. The first kappa shape index (κ1) is 11.4. The van der Waals surface area contributed by atoms with Crippen molar-refractivity contribution in [3.63, 3.8) is 0 Å². The second-order valence-corrected chi connectivity index (χ2v) is 3.32. The van der Waals surface area contributed by atoms with E-state index in [0.29, 0.717) is 12.8 Å². The molecule has 0 aromatic heterocycles. The molecule has 0 spiro atoms. The number of hydrogen-bond acceptors (Lipinski definition) is 2. The summed E-state index contributed by atoms with van der Waals surface area (Å²) < 4.78 is 0. The van der Waals surface area contributed by atoms with E-state index in [0.717, 1.165) is 5.57 Å². The van der Waals surface area contributed by atoms with E-state index in [4.69, 9.17) is 0 Å². The second-order valence-electron chi connectivity index (χ2n) is 3.32. The van der Waals surface area contributed by atoms with E-state index in [9.17, 15) is 9.90 Å². The fourth-order valence-electron chi connectivity index (χ4n) is 0.995. The van der Waals surface area contributed by atoms with Crippen LogP contribution in [0.3, 0.4) is 0 Å². The molecular weight excluding hydrogens is 152 g/mol. The third kappa shape index (κ3) is 2.78. The van der Waals surface area contributed by atoms with Gasteiger partial charge in [-0.2, -0.15) is 0 Å². The van der Waals surface area contributed by atoms with Crippen LogP contribution in [0.4, 0.5) is 0 Å². The predicted molar refractivity (Wildman–Crippen MR) is 50.0 cm³/mol. The van der Waals surface area contributed by atoms with Crippen LogP contribution in [0.1, 0.15) is 40.5 Å². The Labute approximate surface area is 74.3 Å². The van der Waals surface area contributed by atoms with Gasteiger partial charge in [0.25, 0.3) is 0 Å². The van der Waals surface area contributed by atoms with Gasteiger partial charge in [-0.1, -0.05) is 19.4 Å². The molecule has 0 bridgehead atoms. The first-order valence-corrected chi connectivity index (χ1v) is 4.38. The van der Waals surface area contributed by atoms with Gasteiger partial charge in [0.15, 0.2) is 5.78 Å². The maximum atomic E-state index is 11.4. The molecule has 0 heterocycles. The van der Waals surface area contributed by atoms with Crippen LogP contribution in [0.5, 0.6) is 0 Å². The summed E-state index contributed by atoms with van der Waals surface area (Å²) in [6.07, 6.45) is 2.46. The topological polar surface area (TPSA) is 37.3 Å². The van der Waals surface area contributed by atoms with Gasteiger partial charge >= 0.3 is 0 Å². The van der Waals surface area contributed by atoms with Gasteiger partial charge in [-0.05, 0) is 32.8 Å². The fourth-order valence-corrected chi connectivity index (χ4v) is 0.995. The molecule has 0 saturated heterocycles. The van der Waals surface area contributed by atoms with Crippen molar-refractivity contribution in [2.24, 2.45) is 0 Å². The van der Waals surface area contributed by atoms with Crippen molar-refractivity contribution in [3.05, 3.63) is 11.6 Å². The van der Waals surface area contributed by atoms with Gasteiger partial charge in [0.1, 0.15) is 5.60 Å². The summed E-state index contributed by atoms with van der Waals surface area (Å²) in [4.78, 5) is 11.4. The number of carbonyl (C=O) groups excluding carboxylic acids is 1. The number of hydrogen-bond donors (Lipinski definition) is 1. The van der Waals surface area contributed by atoms with Crippen molar-refractivity contribution in [1.29, 1.82) is 0 Å². The van der Waals surface area contributed by atoms with E-state index >= 15 is 0 Å². The summed E-state index contributed by atoms with van der Waals surface area (Å²) in [5, 5.41) is 9.75. The molecule has 0 unspecified atom stereocenters. The first-order chi connectivity index (χ1) is 5.46. The summed E-state index contributed by atoms with van der Waals surface area (Å²) in [7, 11) is 0. The molecule has 0 saturated carbocycles. The van der Waals surface area contributed by atoms with Gasteiger partial charge in [-0.15, -0.1) is 0 Å². The summed E-state index contributed by atoms with van der Waals surface area (Å²) >= 11 is 0. The third-order valence-corrected chi connectivity index (χ3v) is 2.05. The summed E-state index contributed by atoms with van der Waals surface area (Å²) in [5.74, 6) is -0.174. The molecule has 0 aliphatic heterocycles. The predicted octanol–water partition coefficient (Wildman–Crippen LogP) is 2.07. The van der Waals surface area contributed by atoms with E-state index < -0.39 is 5.60 Å². The highest BCUT2D eigenvalue weighted by molar-refractivity contribution is 5.97. The lowest BCUT2D eigenvalue weighted by Gasteiger charge is -2.21. The zero-order chi connectivity index (χ0) is 9.78. The van der Waals surface area contributed by atoms with E-state index in [1.54, 1.807) is 0 Å². The third-order valence-electron chi connectivity index (χ3n) is 2.05. The second kappa shape index (κ2) is 4.41. The van der Waals surface area contributed by atoms with Gasteiger partial charge in [-0.3, -0.25) is 4.79 Å². The molecule has 0 aromatic rings. The molecule has 0 rings (SSSR count). The molecular formula is C10H18O2. The van der Waals surface area contributed by atoms with Crippen molar-refractivity contribution < 1.29 is 9.90 Å². The average Bonchev–Trinajstić information content (AvgIpc) is 2.02. The first-order valence-electron chi connectivity index (χ1n) is 4.38. The zero-order valence-electron chi connectivity index (χ0n) is 8.35. The standard InChI is InChI=1S/C10H18O2/c1-5-10(12,6-2)9(11)7-8(3)4/h7,12H,5-6H2,1-4H3. The summed E-state index contributed by atoms with van der Waals surface area (Å²) in [6, 6.07) is 0. The lowest BCUT2D eigenvalue weighted by atomic mass is 9.91. The van der Waals surface area contributed by atoms with E-state index in [-0.39, 0.29) is 5.78 Å². The molecule has 12 heavy (non-hydrogen) atoms. The Balaban J connectivity index is 4.54. The minimum absolute atomic E-state index is 0.174. The molecule has 0 atom stereocenters. The normalized spacial score (nSPS) is 11.1. The smallest absolute Gasteiger partial charge is 0.187 e. The van der Waals surface area contributed by atoms with Gasteiger partial charge in [-0.25, -0.2) is 0 Å². The Morgan fingerprint density at radius 3 is 2.00 bits per heavy atom. The van der Waals surface area contributed by atoms with Crippen LogP contribution in [-0.2, 0) is 4.79 Å². The highest BCUT2D eigenvalue weighted by Gasteiger charge is 2.29. The van der Waals surface area contributed by atoms with Gasteiger partial charge in [0.2, 0.25) is 0 Å². The monoisotopic (exact) mass is 170 g/mol. The lowest BCUT2D eigenvalue weighted by Crippen LogP contribution is -2.35. The molecule has 0 aliphatic carbocycles. The van der Waals surface area contributed by atoms with Crippen LogP contribution in [-0.4, -0.2) is 16.5 Å². The van der Waals surface area contributed by atoms with Crippen molar-refractivity contribution in [2.75, 3.05) is 0 Å². The summed E-state index contributed by atoms with van der Waals surface area (Å²) in [6.45, 7) is 7.34. The van der Waals surface area contributed by atoms with Crippen molar-refractivity contribution in [1.82, 2.24) is 0 Å². The molecule has 0 fully saturated rings. The minimum Gasteiger partial charge on any atom is -0.382 e. The maximum absolute atomic E-state index is 11.4. The van der Waals surface area contributed by atoms with Gasteiger partial charge in [0.05, 0.1) is 0 Å². The number of ketones is 1. The highest BCUT2D eigenvalue weighted by Crippen LogP contribution is 2.17. The summed E-state index contributed by atoms with van der Waals surface area (Å²) in [5.41, 5.74) is -0.211. The van der Waals surface area contributed by atoms with Crippen LogP contribution in [0.2, 0.25) is 0 Å². The van der Waals surface area contributed by atoms with Crippen molar-refractivity contribution in [2.45, 2.75) is 46.1 Å². The van der Waals surface area contributed by atoms with Crippen LogP contribution >= 0.6 is 0 Å². The minimum atomic E-state index is -1.14. The number of carbonyl (C=O) groups is 1. The molecule has 0 radical (unpaired) electrons. The number of rotatable bonds is 4. The van der Waals surface area contributed by atoms with Gasteiger partial charge < -0.3 is 5.11 Å². The fraction of sp³-hybridized carbons (Fsp3) is 0.700. The quantitative estimate of drug-likeness (QED) is 0.656. The Bertz CT molecular complexity index is 184. The highest BCUT2D eigenvalue weighted by atomic mass is 16.3. The lowest BCUT2D eigenvalue weighted by molar-refractivity contribution is -0.132. The van der Waals surface area contributed by atoms with E-state index in [1.165, 1.54) is 6.08 Å². The molecule has 0 amide bonds. The largest absolute Gasteiger partial charge is 0.382 e. The van der Waals surface area contributed by atoms with Crippen molar-refractivity contribution >= 4 is 5.78 Å². The molecule has 1 N–H and O–H groups in total. The van der Waals surface area contributed by atoms with Crippen molar-refractivity contribution in [3.8, 4) is 0 Å². The number of allylic oxidation sites excluding steroid dienone is 1. The van der Waals surface area contributed by atoms with Gasteiger partial charge in [0, 0.05) is 0 Å². The van der Waals surface area contributed by atoms with Crippen LogP contribution in [0.15, 0.2) is 11.6 Å². The Hall–Kier alpha value is -0.630. The molecule has 2 nitrogen and oxygen atoms in total. The van der Waals surface area contributed by atoms with E-state index in [2.05, 4.69) is 0 Å². The Kier molecular flexibility index (Phi) is 4.18. The maximum Gasteiger partial charge on any atom is 0.187 e. The van der Waals surface area contributed by atoms with Crippen LogP contribution < -0.4 is 0 Å². The zero-order valence-corrected chi connectivity index (χ0v) is 8.35. The molecule has 0 aliphatic rings.